The number of hydrogen-bond donors (Lipinski definition) is 1. The van der Waals surface area contributed by atoms with Gasteiger partial charge in [-0.25, -0.2) is 4.79 Å². The standard InChI is InChI=1S/C17H28N2O6/c1-5-12(20)8-11-9-13(10-24-15(22)7-3)25-16(11)19(4)17(23)18-14(21)6-2/h11,13,16H,5-10H2,1-4H3,(H,18,21,23)/t11-,13?,16?/m1/s1. The quantitative estimate of drug-likeness (QED) is 0.663. The van der Waals surface area contributed by atoms with Crippen LogP contribution in [0.5, 0.6) is 0 Å². The number of amides is 3. The Kier molecular flexibility index (Phi) is 8.54. The van der Waals surface area contributed by atoms with Crippen molar-refractivity contribution in [3.05, 3.63) is 0 Å². The van der Waals surface area contributed by atoms with Crippen LogP contribution in [-0.4, -0.2) is 54.6 Å². The summed E-state index contributed by atoms with van der Waals surface area (Å²) in [7, 11) is 1.52. The molecule has 0 spiro atoms. The highest BCUT2D eigenvalue weighted by Gasteiger charge is 2.40. The van der Waals surface area contributed by atoms with E-state index in [9.17, 15) is 19.2 Å². The van der Waals surface area contributed by atoms with Crippen molar-refractivity contribution in [3.63, 3.8) is 0 Å². The minimum Gasteiger partial charge on any atom is -0.463 e. The van der Waals surface area contributed by atoms with Crippen molar-refractivity contribution >= 4 is 23.7 Å². The molecular formula is C17H28N2O6. The van der Waals surface area contributed by atoms with Gasteiger partial charge in [0.25, 0.3) is 0 Å². The maximum absolute atomic E-state index is 12.2. The summed E-state index contributed by atoms with van der Waals surface area (Å²) in [6.45, 7) is 5.22. The second-order valence-electron chi connectivity index (χ2n) is 6.10. The molecule has 1 saturated heterocycles. The highest BCUT2D eigenvalue weighted by Crippen LogP contribution is 2.32. The van der Waals surface area contributed by atoms with E-state index in [1.54, 1.807) is 20.8 Å². The number of carbonyl (C=O) groups is 4. The summed E-state index contributed by atoms with van der Waals surface area (Å²) in [5.74, 6) is -0.842. The highest BCUT2D eigenvalue weighted by molar-refractivity contribution is 5.94. The van der Waals surface area contributed by atoms with Crippen LogP contribution in [0.1, 0.15) is 52.9 Å². The Hall–Kier alpha value is -1.96. The Balaban J connectivity index is 2.76. The fourth-order valence-corrected chi connectivity index (χ4v) is 2.65. The van der Waals surface area contributed by atoms with Gasteiger partial charge in [0.2, 0.25) is 5.91 Å². The molecule has 8 nitrogen and oxygen atoms in total. The molecule has 0 bridgehead atoms. The van der Waals surface area contributed by atoms with Gasteiger partial charge in [-0.3, -0.25) is 19.7 Å². The molecular weight excluding hydrogens is 328 g/mol. The fraction of sp³-hybridized carbons (Fsp3) is 0.765. The lowest BCUT2D eigenvalue weighted by atomic mass is 9.95. The van der Waals surface area contributed by atoms with Crippen molar-refractivity contribution < 1.29 is 28.7 Å². The van der Waals surface area contributed by atoms with E-state index in [1.165, 1.54) is 11.9 Å². The summed E-state index contributed by atoms with van der Waals surface area (Å²) in [6.07, 6.45) is 0.625. The van der Waals surface area contributed by atoms with Crippen molar-refractivity contribution in [1.82, 2.24) is 10.2 Å². The van der Waals surface area contributed by atoms with E-state index in [1.807, 2.05) is 0 Å². The molecule has 1 aliphatic rings. The number of rotatable bonds is 8. The first-order valence-corrected chi connectivity index (χ1v) is 8.71. The fourth-order valence-electron chi connectivity index (χ4n) is 2.65. The van der Waals surface area contributed by atoms with Crippen molar-refractivity contribution in [2.24, 2.45) is 5.92 Å². The average molecular weight is 356 g/mol. The zero-order valence-corrected chi connectivity index (χ0v) is 15.4. The third kappa shape index (κ3) is 6.45. The molecule has 25 heavy (non-hydrogen) atoms. The van der Waals surface area contributed by atoms with E-state index in [0.717, 1.165) is 0 Å². The maximum Gasteiger partial charge on any atom is 0.325 e. The minimum absolute atomic E-state index is 0.0724. The number of ether oxygens (including phenoxy) is 2. The number of Topliss-reactive ketones (excluding diaryl/α,β-unsaturated/α-hetero) is 1. The second-order valence-corrected chi connectivity index (χ2v) is 6.10. The SMILES string of the molecule is CCC(=O)C[C@@H]1CC(COC(=O)CC)OC1N(C)C(=O)NC(=O)CC. The molecule has 0 aromatic heterocycles. The summed E-state index contributed by atoms with van der Waals surface area (Å²) in [4.78, 5) is 48.0. The second kappa shape index (κ2) is 10.1. The number of ketones is 1. The first-order chi connectivity index (χ1) is 11.8. The lowest BCUT2D eigenvalue weighted by Crippen LogP contribution is -2.48. The smallest absolute Gasteiger partial charge is 0.325 e. The van der Waals surface area contributed by atoms with Gasteiger partial charge in [0.1, 0.15) is 18.6 Å². The molecule has 8 heteroatoms. The lowest BCUT2D eigenvalue weighted by molar-refractivity contribution is -0.148. The van der Waals surface area contributed by atoms with Crippen molar-refractivity contribution in [1.29, 1.82) is 0 Å². The number of carbonyl (C=O) groups excluding carboxylic acids is 4. The van der Waals surface area contributed by atoms with Crippen LogP contribution in [0, 0.1) is 5.92 Å². The van der Waals surface area contributed by atoms with Crippen molar-refractivity contribution in [2.45, 2.75) is 65.2 Å². The zero-order valence-electron chi connectivity index (χ0n) is 15.4. The van der Waals surface area contributed by atoms with E-state index in [0.29, 0.717) is 12.8 Å². The van der Waals surface area contributed by atoms with Crippen LogP contribution in [0.2, 0.25) is 0 Å². The van der Waals surface area contributed by atoms with Gasteiger partial charge >= 0.3 is 12.0 Å². The predicted octanol–water partition coefficient (Wildman–Crippen LogP) is 1.62. The highest BCUT2D eigenvalue weighted by atomic mass is 16.6. The van der Waals surface area contributed by atoms with Crippen LogP contribution in [0.3, 0.4) is 0 Å². The van der Waals surface area contributed by atoms with Crippen LogP contribution < -0.4 is 5.32 Å². The molecule has 1 rings (SSSR count). The molecule has 1 fully saturated rings. The number of urea groups is 1. The third-order valence-electron chi connectivity index (χ3n) is 4.17. The molecule has 142 valence electrons. The van der Waals surface area contributed by atoms with Gasteiger partial charge in [-0.15, -0.1) is 0 Å². The Morgan fingerprint density at radius 3 is 2.36 bits per heavy atom. The summed E-state index contributed by atoms with van der Waals surface area (Å²) in [5.41, 5.74) is 0. The van der Waals surface area contributed by atoms with Crippen molar-refractivity contribution in [3.8, 4) is 0 Å². The van der Waals surface area contributed by atoms with Crippen LogP contribution in [0.4, 0.5) is 4.79 Å². The monoisotopic (exact) mass is 356 g/mol. The Labute approximate surface area is 148 Å². The predicted molar refractivity (Wildman–Crippen MR) is 89.5 cm³/mol. The number of nitrogens with zero attached hydrogens (tertiary/aromatic N) is 1. The third-order valence-corrected chi connectivity index (χ3v) is 4.17. The Morgan fingerprint density at radius 1 is 1.12 bits per heavy atom. The largest absolute Gasteiger partial charge is 0.463 e. The van der Waals surface area contributed by atoms with Crippen LogP contribution in [0.25, 0.3) is 0 Å². The molecule has 3 amide bonds. The molecule has 0 aliphatic carbocycles. The van der Waals surface area contributed by atoms with E-state index in [2.05, 4.69) is 5.32 Å². The number of esters is 1. The number of imide groups is 1. The van der Waals surface area contributed by atoms with Gasteiger partial charge in [0.05, 0.1) is 6.10 Å². The first-order valence-electron chi connectivity index (χ1n) is 8.71. The number of hydrogen-bond acceptors (Lipinski definition) is 6. The van der Waals surface area contributed by atoms with Gasteiger partial charge < -0.3 is 14.4 Å². The molecule has 1 aliphatic heterocycles. The summed E-state index contributed by atoms with van der Waals surface area (Å²) in [5, 5.41) is 2.27. The van der Waals surface area contributed by atoms with E-state index in [-0.39, 0.29) is 55.6 Å². The molecule has 0 aromatic carbocycles. The molecule has 2 unspecified atom stereocenters. The van der Waals surface area contributed by atoms with Crippen LogP contribution in [-0.2, 0) is 23.9 Å². The van der Waals surface area contributed by atoms with Crippen molar-refractivity contribution in [2.75, 3.05) is 13.7 Å². The van der Waals surface area contributed by atoms with Crippen LogP contribution >= 0.6 is 0 Å². The average Bonchev–Trinajstić information content (AvgIpc) is 3.00. The molecule has 0 radical (unpaired) electrons. The Morgan fingerprint density at radius 2 is 1.80 bits per heavy atom. The zero-order chi connectivity index (χ0) is 19.0. The lowest BCUT2D eigenvalue weighted by Gasteiger charge is -2.28. The van der Waals surface area contributed by atoms with E-state index >= 15 is 0 Å². The molecule has 0 aromatic rings. The van der Waals surface area contributed by atoms with Gasteiger partial charge in [-0.1, -0.05) is 20.8 Å². The van der Waals surface area contributed by atoms with E-state index in [4.69, 9.17) is 9.47 Å². The number of nitrogens with one attached hydrogen (secondary N) is 1. The van der Waals surface area contributed by atoms with Gasteiger partial charge in [0.15, 0.2) is 0 Å². The van der Waals surface area contributed by atoms with Gasteiger partial charge in [0, 0.05) is 38.6 Å². The van der Waals surface area contributed by atoms with E-state index < -0.39 is 12.3 Å². The summed E-state index contributed by atoms with van der Waals surface area (Å²) < 4.78 is 10.9. The minimum atomic E-state index is -0.648. The van der Waals surface area contributed by atoms with Gasteiger partial charge in [-0.2, -0.15) is 0 Å². The molecule has 0 saturated carbocycles. The Bertz CT molecular complexity index is 507. The normalized spacial score (nSPS) is 22.3. The molecule has 1 heterocycles. The summed E-state index contributed by atoms with van der Waals surface area (Å²) >= 11 is 0. The summed E-state index contributed by atoms with van der Waals surface area (Å²) in [6, 6.07) is -0.572. The first kappa shape index (κ1) is 21.1. The van der Waals surface area contributed by atoms with Crippen LogP contribution in [0.15, 0.2) is 0 Å². The molecule has 1 N–H and O–H groups in total. The molecule has 3 atom stereocenters. The topological polar surface area (TPSA) is 102 Å². The van der Waals surface area contributed by atoms with Gasteiger partial charge in [-0.05, 0) is 6.42 Å². The maximum atomic E-state index is 12.2.